The molecule has 88 valence electrons. The van der Waals surface area contributed by atoms with E-state index in [1.807, 2.05) is 24.3 Å². The van der Waals surface area contributed by atoms with Crippen LogP contribution in [0.3, 0.4) is 0 Å². The van der Waals surface area contributed by atoms with Crippen molar-refractivity contribution < 1.29 is 0 Å². The van der Waals surface area contributed by atoms with Crippen molar-refractivity contribution in [2.24, 2.45) is 4.99 Å². The summed E-state index contributed by atoms with van der Waals surface area (Å²) in [6.07, 6.45) is 1.01. The molecule has 3 heteroatoms. The normalized spacial score (nSPS) is 13.7. The first kappa shape index (κ1) is 12.0. The molecule has 2 rings (SSSR count). The largest absolute Gasteiger partial charge is 0.335 e. The lowest BCUT2D eigenvalue weighted by molar-refractivity contribution is 1.12. The van der Waals surface area contributed by atoms with E-state index in [1.54, 1.807) is 11.8 Å². The number of nitrogens with zero attached hydrogens (tertiary/aromatic N) is 1. The number of hydrogen-bond donors (Lipinski definition) is 1. The first-order valence-electron chi connectivity index (χ1n) is 5.64. The molecular formula is C14H16N2S. The molecule has 1 N–H and O–H groups in total. The number of rotatable bonds is 3. The number of aliphatic imine (C=N–C) groups is 1. The third kappa shape index (κ3) is 2.80. The molecule has 2 nitrogen and oxygen atoms in total. The molecule has 1 heterocycles. The molecule has 0 saturated heterocycles. The van der Waals surface area contributed by atoms with Crippen LogP contribution in [0.5, 0.6) is 0 Å². The van der Waals surface area contributed by atoms with Crippen LogP contribution in [0, 0.1) is 0 Å². The van der Waals surface area contributed by atoms with Crippen molar-refractivity contribution in [3.05, 3.63) is 48.6 Å². The van der Waals surface area contributed by atoms with Gasteiger partial charge < -0.3 is 5.32 Å². The van der Waals surface area contributed by atoms with Crippen LogP contribution in [0.4, 0.5) is 5.69 Å². The third-order valence-electron chi connectivity index (χ3n) is 2.62. The van der Waals surface area contributed by atoms with E-state index in [4.69, 9.17) is 0 Å². The number of amidine groups is 1. The van der Waals surface area contributed by atoms with Gasteiger partial charge in [0.05, 0.1) is 5.69 Å². The summed E-state index contributed by atoms with van der Waals surface area (Å²) in [7, 11) is 0. The molecular weight excluding hydrogens is 228 g/mol. The van der Waals surface area contributed by atoms with Gasteiger partial charge in [-0.15, -0.1) is 0 Å². The van der Waals surface area contributed by atoms with Crippen LogP contribution in [-0.2, 0) is 0 Å². The lowest BCUT2D eigenvalue weighted by Crippen LogP contribution is -2.21. The van der Waals surface area contributed by atoms with E-state index in [0.29, 0.717) is 0 Å². The van der Waals surface area contributed by atoms with Crippen LogP contribution in [-0.4, -0.2) is 10.9 Å². The van der Waals surface area contributed by atoms with E-state index in [-0.39, 0.29) is 0 Å². The average Bonchev–Trinajstić information content (AvgIpc) is 2.36. The van der Waals surface area contributed by atoms with Crippen molar-refractivity contribution in [3.8, 4) is 0 Å². The van der Waals surface area contributed by atoms with Crippen LogP contribution in [0.1, 0.15) is 18.9 Å². The molecule has 0 saturated carbocycles. The lowest BCUT2D eigenvalue weighted by Gasteiger charge is -2.19. The summed E-state index contributed by atoms with van der Waals surface area (Å²) in [5.74, 6) is 0.901. The SMILES string of the molecule is C=C(CC)CSC1=Nc2ccccc2C(=C)N1. The molecule has 1 aliphatic heterocycles. The summed E-state index contributed by atoms with van der Waals surface area (Å²) in [6, 6.07) is 8.03. The zero-order valence-corrected chi connectivity index (χ0v) is 10.8. The number of benzene rings is 1. The van der Waals surface area contributed by atoms with Gasteiger partial charge in [-0.3, -0.25) is 0 Å². The van der Waals surface area contributed by atoms with Crippen molar-refractivity contribution in [1.82, 2.24) is 5.32 Å². The first-order chi connectivity index (χ1) is 8.20. The first-order valence-corrected chi connectivity index (χ1v) is 6.62. The highest BCUT2D eigenvalue weighted by Gasteiger charge is 2.14. The standard InChI is InChI=1S/C14H16N2S/c1-4-10(2)9-17-14-15-11(3)12-7-5-6-8-13(12)16-14/h5-8H,2-4,9H2,1H3,(H,15,16). The monoisotopic (exact) mass is 244 g/mol. The van der Waals surface area contributed by atoms with Gasteiger partial charge in [-0.05, 0) is 12.5 Å². The molecule has 0 atom stereocenters. The summed E-state index contributed by atoms with van der Waals surface area (Å²) in [6.45, 7) is 10.1. The summed E-state index contributed by atoms with van der Waals surface area (Å²) >= 11 is 1.68. The van der Waals surface area contributed by atoms with Crippen molar-refractivity contribution >= 4 is 28.3 Å². The molecule has 0 aliphatic carbocycles. The smallest absolute Gasteiger partial charge is 0.166 e. The topological polar surface area (TPSA) is 24.4 Å². The van der Waals surface area contributed by atoms with Crippen LogP contribution in [0.2, 0.25) is 0 Å². The van der Waals surface area contributed by atoms with Gasteiger partial charge in [-0.1, -0.05) is 55.6 Å². The quantitative estimate of drug-likeness (QED) is 0.814. The molecule has 0 aromatic heterocycles. The van der Waals surface area contributed by atoms with Gasteiger partial charge in [0.25, 0.3) is 0 Å². The van der Waals surface area contributed by atoms with Crippen molar-refractivity contribution in [3.63, 3.8) is 0 Å². The molecule has 17 heavy (non-hydrogen) atoms. The molecule has 0 unspecified atom stereocenters. The molecule has 1 aromatic carbocycles. The maximum absolute atomic E-state index is 4.57. The second-order valence-corrected chi connectivity index (χ2v) is 4.89. The van der Waals surface area contributed by atoms with Gasteiger partial charge in [-0.25, -0.2) is 4.99 Å². The minimum Gasteiger partial charge on any atom is -0.335 e. The number of hydrogen-bond acceptors (Lipinski definition) is 3. The van der Waals surface area contributed by atoms with Crippen molar-refractivity contribution in [1.29, 1.82) is 0 Å². The van der Waals surface area contributed by atoms with Gasteiger partial charge in [0.1, 0.15) is 0 Å². The van der Waals surface area contributed by atoms with E-state index in [2.05, 4.69) is 30.4 Å². The van der Waals surface area contributed by atoms with Crippen molar-refractivity contribution in [2.45, 2.75) is 13.3 Å². The molecule has 1 aliphatic rings. The maximum Gasteiger partial charge on any atom is 0.166 e. The van der Waals surface area contributed by atoms with Gasteiger partial charge >= 0.3 is 0 Å². The van der Waals surface area contributed by atoms with E-state index >= 15 is 0 Å². The summed E-state index contributed by atoms with van der Waals surface area (Å²) < 4.78 is 0. The van der Waals surface area contributed by atoms with Crippen LogP contribution in [0.15, 0.2) is 48.0 Å². The second-order valence-electron chi connectivity index (χ2n) is 3.93. The maximum atomic E-state index is 4.57. The fourth-order valence-corrected chi connectivity index (χ4v) is 2.40. The van der Waals surface area contributed by atoms with Gasteiger partial charge in [-0.2, -0.15) is 0 Å². The molecule has 1 aromatic rings. The Hall–Kier alpha value is -1.48. The van der Waals surface area contributed by atoms with E-state index in [9.17, 15) is 0 Å². The average molecular weight is 244 g/mol. The highest BCUT2D eigenvalue weighted by atomic mass is 32.2. The predicted octanol–water partition coefficient (Wildman–Crippen LogP) is 3.95. The van der Waals surface area contributed by atoms with Crippen LogP contribution in [0.25, 0.3) is 5.70 Å². The Morgan fingerprint density at radius 2 is 2.18 bits per heavy atom. The Morgan fingerprint density at radius 3 is 2.94 bits per heavy atom. The highest BCUT2D eigenvalue weighted by Crippen LogP contribution is 2.29. The predicted molar refractivity (Wildman–Crippen MR) is 77.6 cm³/mol. The van der Waals surface area contributed by atoms with Crippen LogP contribution < -0.4 is 5.32 Å². The lowest BCUT2D eigenvalue weighted by atomic mass is 10.1. The summed E-state index contributed by atoms with van der Waals surface area (Å²) in [4.78, 5) is 4.57. The Morgan fingerprint density at radius 1 is 1.41 bits per heavy atom. The molecule has 0 amide bonds. The number of para-hydroxylation sites is 1. The fraction of sp³-hybridized carbons (Fsp3) is 0.214. The van der Waals surface area contributed by atoms with E-state index < -0.39 is 0 Å². The third-order valence-corrected chi connectivity index (χ3v) is 3.64. The van der Waals surface area contributed by atoms with Gasteiger partial charge in [0.2, 0.25) is 0 Å². The molecule has 0 bridgehead atoms. The fourth-order valence-electron chi connectivity index (χ4n) is 1.50. The Balaban J connectivity index is 2.14. The summed E-state index contributed by atoms with van der Waals surface area (Å²) in [5.41, 5.74) is 4.20. The Bertz CT molecular complexity index is 489. The number of nitrogens with one attached hydrogen (secondary N) is 1. The molecule has 0 fully saturated rings. The molecule has 0 spiro atoms. The number of thioether (sulfide) groups is 1. The number of fused-ring (bicyclic) bond motifs is 1. The minimum absolute atomic E-state index is 0.901. The zero-order valence-electron chi connectivity index (χ0n) is 9.99. The second kappa shape index (κ2) is 5.23. The zero-order chi connectivity index (χ0) is 12.3. The van der Waals surface area contributed by atoms with Crippen LogP contribution >= 0.6 is 11.8 Å². The van der Waals surface area contributed by atoms with Gasteiger partial charge in [0, 0.05) is 17.0 Å². The van der Waals surface area contributed by atoms with Gasteiger partial charge in [0.15, 0.2) is 5.17 Å². The highest BCUT2D eigenvalue weighted by molar-refractivity contribution is 8.14. The Labute approximate surface area is 107 Å². The summed E-state index contributed by atoms with van der Waals surface area (Å²) in [5, 5.41) is 4.14. The minimum atomic E-state index is 0.901. The van der Waals surface area contributed by atoms with Crippen molar-refractivity contribution in [2.75, 3.05) is 5.75 Å². The molecule has 0 radical (unpaired) electrons. The van der Waals surface area contributed by atoms with E-state index in [0.717, 1.165) is 34.3 Å². The Kier molecular flexibility index (Phi) is 3.69. The van der Waals surface area contributed by atoms with E-state index in [1.165, 1.54) is 5.57 Å².